The number of carbonyl (C=O) groups is 1. The SMILES string of the molecule is COc1ccc(/C=C/C(=O)N2CCc3cc(S(=O)(=O)N4CCCCC4)ccc32)cc1F. The van der Waals surface area contributed by atoms with Crippen molar-refractivity contribution in [2.24, 2.45) is 0 Å². The van der Waals surface area contributed by atoms with Crippen LogP contribution in [0.3, 0.4) is 0 Å². The molecule has 0 N–H and O–H groups in total. The third kappa shape index (κ3) is 4.36. The number of methoxy groups -OCH3 is 1. The molecule has 0 bridgehead atoms. The molecule has 1 fully saturated rings. The van der Waals surface area contributed by atoms with Crippen molar-refractivity contribution in [3.63, 3.8) is 0 Å². The average Bonchev–Trinajstić information content (AvgIpc) is 3.21. The molecule has 2 aliphatic rings. The highest BCUT2D eigenvalue weighted by atomic mass is 32.2. The number of anilines is 1. The van der Waals surface area contributed by atoms with Crippen LogP contribution in [0.4, 0.5) is 10.1 Å². The zero-order valence-corrected chi connectivity index (χ0v) is 18.2. The number of amides is 1. The van der Waals surface area contributed by atoms with Crippen molar-refractivity contribution >= 4 is 27.7 Å². The molecule has 2 aromatic rings. The third-order valence-electron chi connectivity index (χ3n) is 5.76. The van der Waals surface area contributed by atoms with Crippen molar-refractivity contribution in [3.05, 3.63) is 59.4 Å². The number of carbonyl (C=O) groups excluding carboxylic acids is 1. The number of hydrogen-bond acceptors (Lipinski definition) is 4. The lowest BCUT2D eigenvalue weighted by Crippen LogP contribution is -2.35. The van der Waals surface area contributed by atoms with E-state index in [1.165, 1.54) is 25.3 Å². The van der Waals surface area contributed by atoms with Gasteiger partial charge in [0.1, 0.15) is 0 Å². The Hall–Kier alpha value is -2.71. The maximum Gasteiger partial charge on any atom is 0.251 e. The fraction of sp³-hybridized carbons (Fsp3) is 0.348. The van der Waals surface area contributed by atoms with Crippen LogP contribution in [0.2, 0.25) is 0 Å². The second-order valence-electron chi connectivity index (χ2n) is 7.72. The third-order valence-corrected chi connectivity index (χ3v) is 7.65. The number of nitrogens with zero attached hydrogens (tertiary/aromatic N) is 2. The Morgan fingerprint density at radius 1 is 1.06 bits per heavy atom. The van der Waals surface area contributed by atoms with Crippen LogP contribution >= 0.6 is 0 Å². The van der Waals surface area contributed by atoms with Gasteiger partial charge in [0.05, 0.1) is 12.0 Å². The standard InChI is InChI=1S/C23H25FN2O4S/c1-30-22-9-5-17(15-20(22)24)6-10-23(27)26-14-11-18-16-19(7-8-21(18)26)31(28,29)25-12-3-2-4-13-25/h5-10,15-16H,2-4,11-14H2,1H3/b10-6+. The molecule has 0 saturated carbocycles. The summed E-state index contributed by atoms with van der Waals surface area (Å²) in [5.41, 5.74) is 2.11. The van der Waals surface area contributed by atoms with Crippen molar-refractivity contribution in [1.29, 1.82) is 0 Å². The molecule has 0 atom stereocenters. The first-order valence-electron chi connectivity index (χ1n) is 10.4. The van der Waals surface area contributed by atoms with E-state index in [1.807, 2.05) is 0 Å². The monoisotopic (exact) mass is 444 g/mol. The Kier molecular flexibility index (Phi) is 6.11. The summed E-state index contributed by atoms with van der Waals surface area (Å²) in [4.78, 5) is 14.6. The summed E-state index contributed by atoms with van der Waals surface area (Å²) in [6.45, 7) is 1.59. The number of halogens is 1. The van der Waals surface area contributed by atoms with Gasteiger partial charge in [0.2, 0.25) is 10.0 Å². The van der Waals surface area contributed by atoms with Crippen LogP contribution < -0.4 is 9.64 Å². The topological polar surface area (TPSA) is 66.9 Å². The Morgan fingerprint density at radius 2 is 1.84 bits per heavy atom. The summed E-state index contributed by atoms with van der Waals surface area (Å²) in [7, 11) is -2.11. The van der Waals surface area contributed by atoms with E-state index >= 15 is 0 Å². The van der Waals surface area contributed by atoms with Gasteiger partial charge in [-0.05, 0) is 66.8 Å². The Morgan fingerprint density at radius 3 is 2.55 bits per heavy atom. The normalized spacial score (nSPS) is 17.2. The van der Waals surface area contributed by atoms with Gasteiger partial charge in [-0.3, -0.25) is 4.79 Å². The van der Waals surface area contributed by atoms with E-state index in [4.69, 9.17) is 4.74 Å². The molecule has 0 radical (unpaired) electrons. The zero-order valence-electron chi connectivity index (χ0n) is 17.4. The molecule has 0 unspecified atom stereocenters. The molecule has 2 aliphatic heterocycles. The van der Waals surface area contributed by atoms with Gasteiger partial charge >= 0.3 is 0 Å². The molecular weight excluding hydrogens is 419 g/mol. The Balaban J connectivity index is 1.51. The second kappa shape index (κ2) is 8.80. The van der Waals surface area contributed by atoms with Crippen molar-refractivity contribution in [2.45, 2.75) is 30.6 Å². The van der Waals surface area contributed by atoms with E-state index in [9.17, 15) is 17.6 Å². The minimum Gasteiger partial charge on any atom is -0.494 e. The van der Waals surface area contributed by atoms with Gasteiger partial charge in [-0.1, -0.05) is 12.5 Å². The number of rotatable bonds is 5. The lowest BCUT2D eigenvalue weighted by Gasteiger charge is -2.26. The summed E-state index contributed by atoms with van der Waals surface area (Å²) < 4.78 is 46.1. The molecule has 6 nitrogen and oxygen atoms in total. The van der Waals surface area contributed by atoms with Gasteiger partial charge < -0.3 is 9.64 Å². The van der Waals surface area contributed by atoms with Gasteiger partial charge in [0.15, 0.2) is 11.6 Å². The number of sulfonamides is 1. The maximum atomic E-state index is 13.8. The molecule has 8 heteroatoms. The number of benzene rings is 2. The van der Waals surface area contributed by atoms with Crippen molar-refractivity contribution < 1.29 is 22.3 Å². The summed E-state index contributed by atoms with van der Waals surface area (Å²) in [6.07, 6.45) is 6.37. The number of hydrogen-bond donors (Lipinski definition) is 0. The minimum atomic E-state index is -3.51. The largest absolute Gasteiger partial charge is 0.494 e. The van der Waals surface area contributed by atoms with E-state index in [2.05, 4.69) is 0 Å². The molecule has 2 aromatic carbocycles. The summed E-state index contributed by atoms with van der Waals surface area (Å²) in [6, 6.07) is 9.46. The average molecular weight is 445 g/mol. The Labute approximate surface area is 182 Å². The molecule has 4 rings (SSSR count). The molecule has 2 heterocycles. The highest BCUT2D eigenvalue weighted by Gasteiger charge is 2.29. The van der Waals surface area contributed by atoms with Crippen molar-refractivity contribution in [3.8, 4) is 5.75 Å². The first-order valence-corrected chi connectivity index (χ1v) is 11.8. The fourth-order valence-corrected chi connectivity index (χ4v) is 5.63. The molecule has 31 heavy (non-hydrogen) atoms. The smallest absolute Gasteiger partial charge is 0.251 e. The quantitative estimate of drug-likeness (QED) is 0.661. The van der Waals surface area contributed by atoms with E-state index in [-0.39, 0.29) is 16.6 Å². The first-order chi connectivity index (χ1) is 14.9. The van der Waals surface area contributed by atoms with Crippen LogP contribution in [0.1, 0.15) is 30.4 Å². The zero-order chi connectivity index (χ0) is 22.0. The van der Waals surface area contributed by atoms with E-state index in [0.717, 1.165) is 24.8 Å². The van der Waals surface area contributed by atoms with Crippen LogP contribution in [0.15, 0.2) is 47.4 Å². The second-order valence-corrected chi connectivity index (χ2v) is 9.66. The highest BCUT2D eigenvalue weighted by Crippen LogP contribution is 2.32. The summed E-state index contributed by atoms with van der Waals surface area (Å²) in [5.74, 6) is -0.583. The van der Waals surface area contributed by atoms with Gasteiger partial charge in [-0.2, -0.15) is 4.31 Å². The summed E-state index contributed by atoms with van der Waals surface area (Å²) >= 11 is 0. The van der Waals surface area contributed by atoms with Gasteiger partial charge in [-0.25, -0.2) is 12.8 Å². The molecule has 0 spiro atoms. The molecule has 0 aromatic heterocycles. The van der Waals surface area contributed by atoms with Crippen molar-refractivity contribution in [2.75, 3.05) is 31.6 Å². The molecule has 1 amide bonds. The van der Waals surface area contributed by atoms with Crippen molar-refractivity contribution in [1.82, 2.24) is 4.31 Å². The van der Waals surface area contributed by atoms with Gasteiger partial charge in [0, 0.05) is 31.4 Å². The molecule has 164 valence electrons. The number of piperidine rings is 1. The number of fused-ring (bicyclic) bond motifs is 1. The predicted molar refractivity (Wildman–Crippen MR) is 117 cm³/mol. The maximum absolute atomic E-state index is 13.8. The van der Waals surface area contributed by atoms with E-state index in [0.29, 0.717) is 37.3 Å². The van der Waals surface area contributed by atoms with Crippen LogP contribution in [0.25, 0.3) is 6.08 Å². The lowest BCUT2D eigenvalue weighted by atomic mass is 10.1. The first kappa shape index (κ1) is 21.5. The van der Waals surface area contributed by atoms with Gasteiger partial charge in [-0.15, -0.1) is 0 Å². The van der Waals surface area contributed by atoms with Crippen LogP contribution in [0, 0.1) is 5.82 Å². The number of ether oxygens (including phenoxy) is 1. The minimum absolute atomic E-state index is 0.146. The molecule has 0 aliphatic carbocycles. The van der Waals surface area contributed by atoms with Crippen LogP contribution in [0.5, 0.6) is 5.75 Å². The Bertz CT molecular complexity index is 1120. The van der Waals surface area contributed by atoms with Crippen LogP contribution in [-0.2, 0) is 21.2 Å². The van der Waals surface area contributed by atoms with Gasteiger partial charge in [0.25, 0.3) is 5.91 Å². The molecule has 1 saturated heterocycles. The predicted octanol–water partition coefficient (Wildman–Crippen LogP) is 3.61. The fourth-order valence-electron chi connectivity index (χ4n) is 4.07. The van der Waals surface area contributed by atoms with Crippen LogP contribution in [-0.4, -0.2) is 45.4 Å². The van der Waals surface area contributed by atoms with E-state index in [1.54, 1.807) is 39.5 Å². The molecular formula is C23H25FN2O4S. The lowest BCUT2D eigenvalue weighted by molar-refractivity contribution is -0.114. The van der Waals surface area contributed by atoms with E-state index < -0.39 is 15.8 Å². The summed E-state index contributed by atoms with van der Waals surface area (Å²) in [5, 5.41) is 0. The highest BCUT2D eigenvalue weighted by molar-refractivity contribution is 7.89.